The molecule has 1 aromatic heterocycles. The molecule has 0 N–H and O–H groups in total. The molecule has 0 bridgehead atoms. The van der Waals surface area contributed by atoms with E-state index in [9.17, 15) is 0 Å². The molecule has 0 radical (unpaired) electrons. The first-order chi connectivity index (χ1) is 13.8. The van der Waals surface area contributed by atoms with Gasteiger partial charge >= 0.3 is 5.82 Å². The van der Waals surface area contributed by atoms with Crippen molar-refractivity contribution < 1.29 is 4.57 Å². The first-order valence-electron chi connectivity index (χ1n) is 10.1. The van der Waals surface area contributed by atoms with Crippen LogP contribution in [0.15, 0.2) is 60.9 Å². The van der Waals surface area contributed by atoms with Gasteiger partial charge in [0, 0.05) is 0 Å². The quantitative estimate of drug-likeness (QED) is 0.419. The summed E-state index contributed by atoms with van der Waals surface area (Å²) in [5.74, 6) is 0.944. The molecular formula is C26H28N3+. The van der Waals surface area contributed by atoms with Crippen molar-refractivity contribution in [2.24, 2.45) is 0 Å². The molecule has 3 nitrogen and oxygen atoms in total. The summed E-state index contributed by atoms with van der Waals surface area (Å²) >= 11 is 0. The number of benzene rings is 3. The number of hydrogen-bond donors (Lipinski definition) is 0. The van der Waals surface area contributed by atoms with Gasteiger partial charge in [-0.05, 0) is 75.9 Å². The smallest absolute Gasteiger partial charge is 0.196 e. The Hall–Kier alpha value is -3.20. The van der Waals surface area contributed by atoms with Crippen molar-refractivity contribution >= 4 is 0 Å². The molecule has 0 saturated carbocycles. The number of rotatable bonds is 3. The fourth-order valence-corrected chi connectivity index (χ4v) is 4.48. The maximum atomic E-state index is 5.06. The molecule has 0 spiro atoms. The molecule has 29 heavy (non-hydrogen) atoms. The van der Waals surface area contributed by atoms with E-state index in [-0.39, 0.29) is 0 Å². The van der Waals surface area contributed by atoms with E-state index in [2.05, 4.69) is 101 Å². The topological polar surface area (TPSA) is 21.7 Å². The molecule has 0 atom stereocenters. The molecule has 0 aliphatic heterocycles. The van der Waals surface area contributed by atoms with Gasteiger partial charge < -0.3 is 0 Å². The minimum Gasteiger partial charge on any atom is -0.196 e. The summed E-state index contributed by atoms with van der Waals surface area (Å²) in [5.41, 5.74) is 11.0. The summed E-state index contributed by atoms with van der Waals surface area (Å²) in [4.78, 5) is 0. The average Bonchev–Trinajstić information content (AvgIpc) is 3.05. The van der Waals surface area contributed by atoms with Crippen LogP contribution in [0.3, 0.4) is 0 Å². The molecule has 3 aromatic carbocycles. The summed E-state index contributed by atoms with van der Waals surface area (Å²) in [6.07, 6.45) is 2.12. The van der Waals surface area contributed by atoms with Crippen LogP contribution in [-0.2, 0) is 0 Å². The van der Waals surface area contributed by atoms with E-state index < -0.39 is 0 Å². The standard InChI is InChI=1S/C26H28N3/c1-17-12-19(3)24(20(4)13-17)28-16-29(25-21(5)14-18(2)15-22(25)6)27-26(28)23-10-8-7-9-11-23/h7-16H,1-6H3/q+1. The largest absolute Gasteiger partial charge is 0.314 e. The molecule has 4 rings (SSSR count). The molecular weight excluding hydrogens is 354 g/mol. The van der Waals surface area contributed by atoms with Crippen LogP contribution in [0.1, 0.15) is 33.4 Å². The lowest BCUT2D eigenvalue weighted by Crippen LogP contribution is -2.33. The van der Waals surface area contributed by atoms with Gasteiger partial charge in [-0.3, -0.25) is 0 Å². The molecule has 0 unspecified atom stereocenters. The highest BCUT2D eigenvalue weighted by molar-refractivity contribution is 5.55. The number of nitrogens with zero attached hydrogens (tertiary/aromatic N) is 3. The monoisotopic (exact) mass is 382 g/mol. The molecule has 0 aliphatic rings. The Morgan fingerprint density at radius 1 is 0.690 bits per heavy atom. The summed E-state index contributed by atoms with van der Waals surface area (Å²) < 4.78 is 4.27. The van der Waals surface area contributed by atoms with Gasteiger partial charge in [-0.1, -0.05) is 58.3 Å². The van der Waals surface area contributed by atoms with Crippen molar-refractivity contribution in [2.75, 3.05) is 0 Å². The van der Waals surface area contributed by atoms with Gasteiger partial charge in [-0.15, -0.1) is 0 Å². The second-order valence-electron chi connectivity index (χ2n) is 8.11. The SMILES string of the molecule is Cc1cc(C)c(-n2c[n+](-c3c(C)cc(C)cc3C)c(-c3ccccc3)n2)c(C)c1. The minimum absolute atomic E-state index is 0.944. The van der Waals surface area contributed by atoms with Crippen molar-refractivity contribution in [3.05, 3.63) is 94.3 Å². The van der Waals surface area contributed by atoms with E-state index in [0.29, 0.717) is 0 Å². The summed E-state index contributed by atoms with van der Waals surface area (Å²) in [5, 5.41) is 5.06. The molecule has 1 heterocycles. The Kier molecular flexibility index (Phi) is 4.83. The normalized spacial score (nSPS) is 11.1. The van der Waals surface area contributed by atoms with Crippen LogP contribution in [0.4, 0.5) is 0 Å². The summed E-state index contributed by atoms with van der Waals surface area (Å²) in [6, 6.07) is 19.3. The van der Waals surface area contributed by atoms with Crippen molar-refractivity contribution in [1.29, 1.82) is 0 Å². The highest BCUT2D eigenvalue weighted by atomic mass is 15.4. The maximum absolute atomic E-state index is 5.06. The summed E-state index contributed by atoms with van der Waals surface area (Å²) in [7, 11) is 0. The second kappa shape index (κ2) is 7.32. The van der Waals surface area contributed by atoms with E-state index >= 15 is 0 Å². The van der Waals surface area contributed by atoms with E-state index in [1.807, 2.05) is 10.7 Å². The van der Waals surface area contributed by atoms with E-state index in [1.165, 1.54) is 39.1 Å². The number of aryl methyl sites for hydroxylation is 6. The van der Waals surface area contributed by atoms with Crippen LogP contribution in [0.25, 0.3) is 22.8 Å². The third kappa shape index (κ3) is 3.49. The Morgan fingerprint density at radius 3 is 1.76 bits per heavy atom. The fraction of sp³-hybridized carbons (Fsp3) is 0.231. The van der Waals surface area contributed by atoms with Gasteiger partial charge in [0.05, 0.1) is 10.7 Å². The van der Waals surface area contributed by atoms with Gasteiger partial charge in [-0.2, -0.15) is 4.57 Å². The van der Waals surface area contributed by atoms with Crippen LogP contribution in [0.5, 0.6) is 0 Å². The Balaban J connectivity index is 2.02. The number of hydrogen-bond acceptors (Lipinski definition) is 1. The Labute approximate surface area is 173 Å². The first-order valence-corrected chi connectivity index (χ1v) is 10.1. The van der Waals surface area contributed by atoms with Gasteiger partial charge in [0.15, 0.2) is 0 Å². The highest BCUT2D eigenvalue weighted by Gasteiger charge is 2.25. The third-order valence-corrected chi connectivity index (χ3v) is 5.43. The first kappa shape index (κ1) is 19.1. The van der Waals surface area contributed by atoms with Gasteiger partial charge in [0.25, 0.3) is 0 Å². The molecule has 0 saturated heterocycles. The number of aromatic nitrogens is 3. The molecule has 4 aromatic rings. The van der Waals surface area contributed by atoms with Crippen molar-refractivity contribution in [3.8, 4) is 22.8 Å². The van der Waals surface area contributed by atoms with E-state index in [0.717, 1.165) is 17.1 Å². The van der Waals surface area contributed by atoms with Crippen LogP contribution in [0, 0.1) is 41.5 Å². The molecule has 146 valence electrons. The van der Waals surface area contributed by atoms with Gasteiger partial charge in [0.1, 0.15) is 11.4 Å². The Bertz CT molecular complexity index is 1150. The lowest BCUT2D eigenvalue weighted by molar-refractivity contribution is -0.585. The minimum atomic E-state index is 0.944. The zero-order chi connectivity index (χ0) is 20.7. The van der Waals surface area contributed by atoms with E-state index in [4.69, 9.17) is 5.10 Å². The second-order valence-corrected chi connectivity index (χ2v) is 8.11. The lowest BCUT2D eigenvalue weighted by Gasteiger charge is -2.09. The zero-order valence-electron chi connectivity index (χ0n) is 18.1. The summed E-state index contributed by atoms with van der Waals surface area (Å²) in [6.45, 7) is 13.0. The van der Waals surface area contributed by atoms with Crippen LogP contribution in [0.2, 0.25) is 0 Å². The zero-order valence-corrected chi connectivity index (χ0v) is 18.1. The highest BCUT2D eigenvalue weighted by Crippen LogP contribution is 2.24. The van der Waals surface area contributed by atoms with Crippen molar-refractivity contribution in [2.45, 2.75) is 41.5 Å². The van der Waals surface area contributed by atoms with E-state index in [1.54, 1.807) is 0 Å². The predicted octanol–water partition coefficient (Wildman–Crippen LogP) is 5.67. The molecule has 0 fully saturated rings. The maximum Gasteiger partial charge on any atom is 0.314 e. The average molecular weight is 383 g/mol. The fourth-order valence-electron chi connectivity index (χ4n) is 4.48. The molecule has 0 aliphatic carbocycles. The van der Waals surface area contributed by atoms with Crippen molar-refractivity contribution in [3.63, 3.8) is 0 Å². The van der Waals surface area contributed by atoms with Gasteiger partial charge in [-0.25, -0.2) is 0 Å². The van der Waals surface area contributed by atoms with Crippen LogP contribution in [-0.4, -0.2) is 9.78 Å². The van der Waals surface area contributed by atoms with Gasteiger partial charge in [0.2, 0.25) is 6.33 Å². The molecule has 0 amide bonds. The lowest BCUT2D eigenvalue weighted by atomic mass is 10.0. The third-order valence-electron chi connectivity index (χ3n) is 5.43. The van der Waals surface area contributed by atoms with Crippen molar-refractivity contribution in [1.82, 2.24) is 9.78 Å². The Morgan fingerprint density at radius 2 is 1.21 bits per heavy atom. The van der Waals surface area contributed by atoms with Crippen LogP contribution >= 0.6 is 0 Å². The predicted molar refractivity (Wildman–Crippen MR) is 119 cm³/mol. The van der Waals surface area contributed by atoms with Crippen LogP contribution < -0.4 is 4.57 Å². The molecule has 3 heteroatoms.